The van der Waals surface area contributed by atoms with Crippen molar-refractivity contribution in [3.05, 3.63) is 62.6 Å². The molecule has 0 atom stereocenters. The molecule has 0 radical (unpaired) electrons. The summed E-state index contributed by atoms with van der Waals surface area (Å²) < 4.78 is 0.955. The van der Waals surface area contributed by atoms with Crippen molar-refractivity contribution < 1.29 is 9.63 Å². The Kier molecular flexibility index (Phi) is 7.38. The van der Waals surface area contributed by atoms with Crippen LogP contribution in [0.2, 0.25) is 5.02 Å². The number of aryl methyl sites for hydroxylation is 1. The Morgan fingerprint density at radius 1 is 1.22 bits per heavy atom. The van der Waals surface area contributed by atoms with Crippen LogP contribution in [0.3, 0.4) is 0 Å². The lowest BCUT2D eigenvalue weighted by Crippen LogP contribution is -2.48. The van der Waals surface area contributed by atoms with Crippen LogP contribution in [0.15, 0.2) is 40.9 Å². The van der Waals surface area contributed by atoms with Crippen molar-refractivity contribution in [1.29, 1.82) is 5.41 Å². The smallest absolute Gasteiger partial charge is 0.258 e. The van der Waals surface area contributed by atoms with E-state index in [1.807, 2.05) is 18.2 Å². The summed E-state index contributed by atoms with van der Waals surface area (Å²) in [5.41, 5.74) is 2.28. The first-order valence-corrected chi connectivity index (χ1v) is 12.2. The highest BCUT2D eigenvalue weighted by molar-refractivity contribution is 9.10. The van der Waals surface area contributed by atoms with Crippen molar-refractivity contribution in [2.75, 3.05) is 26.2 Å². The third kappa shape index (κ3) is 5.27. The average molecular weight is 520 g/mol. The molecular formula is C24H28BrClN4O2. The molecule has 8 heteroatoms. The minimum absolute atomic E-state index is 0.0605. The van der Waals surface area contributed by atoms with Gasteiger partial charge in [0.2, 0.25) is 5.96 Å². The number of carbonyl (C=O) groups excluding carboxylic acids is 1. The summed E-state index contributed by atoms with van der Waals surface area (Å²) in [6.45, 7) is 5.88. The fraction of sp³-hybridized carbons (Fsp3) is 0.417. The van der Waals surface area contributed by atoms with Crippen molar-refractivity contribution in [2.24, 2.45) is 5.92 Å². The van der Waals surface area contributed by atoms with Gasteiger partial charge in [-0.05, 0) is 92.7 Å². The first-order chi connectivity index (χ1) is 15.4. The molecule has 0 aromatic heterocycles. The molecule has 2 heterocycles. The summed E-state index contributed by atoms with van der Waals surface area (Å²) in [4.78, 5) is 21.7. The van der Waals surface area contributed by atoms with Crippen molar-refractivity contribution in [3.63, 3.8) is 0 Å². The maximum Gasteiger partial charge on any atom is 0.258 e. The van der Waals surface area contributed by atoms with Gasteiger partial charge in [-0.25, -0.2) is 0 Å². The number of nitrogens with zero attached hydrogens (tertiary/aromatic N) is 2. The van der Waals surface area contributed by atoms with Gasteiger partial charge in [0, 0.05) is 15.1 Å². The first kappa shape index (κ1) is 23.1. The number of halogens is 2. The van der Waals surface area contributed by atoms with Crippen LogP contribution in [-0.4, -0.2) is 48.0 Å². The van der Waals surface area contributed by atoms with Gasteiger partial charge in [-0.3, -0.25) is 15.5 Å². The third-order valence-corrected chi connectivity index (χ3v) is 7.15. The Morgan fingerprint density at radius 3 is 2.75 bits per heavy atom. The number of nitrogens with one attached hydrogen (secondary N) is 2. The number of hydroxylamine groups is 2. The molecule has 2 N–H and O–H groups in total. The molecule has 0 aliphatic carbocycles. The van der Waals surface area contributed by atoms with Crippen LogP contribution < -0.4 is 10.2 Å². The molecule has 2 aromatic rings. The molecule has 2 aliphatic heterocycles. The number of guanidine groups is 1. The van der Waals surface area contributed by atoms with E-state index in [0.29, 0.717) is 41.6 Å². The maximum atomic E-state index is 13.0. The number of hydrogen-bond acceptors (Lipinski definition) is 4. The van der Waals surface area contributed by atoms with Gasteiger partial charge in [-0.1, -0.05) is 40.5 Å². The van der Waals surface area contributed by atoms with Crippen LogP contribution >= 0.6 is 27.5 Å². The second-order valence-corrected chi connectivity index (χ2v) is 9.67. The molecule has 1 saturated heterocycles. The Balaban J connectivity index is 1.65. The zero-order valence-corrected chi connectivity index (χ0v) is 20.5. The van der Waals surface area contributed by atoms with Crippen molar-refractivity contribution in [2.45, 2.75) is 32.6 Å². The lowest BCUT2D eigenvalue weighted by molar-refractivity contribution is -0.00968. The summed E-state index contributed by atoms with van der Waals surface area (Å²) in [5.74, 6) is 0.679. The predicted molar refractivity (Wildman–Crippen MR) is 130 cm³/mol. The lowest BCUT2D eigenvalue weighted by Gasteiger charge is -2.34. The molecule has 0 bridgehead atoms. The van der Waals surface area contributed by atoms with Gasteiger partial charge in [0.1, 0.15) is 0 Å². The highest BCUT2D eigenvalue weighted by Gasteiger charge is 2.26. The number of hydrogen-bond donors (Lipinski definition) is 2. The highest BCUT2D eigenvalue weighted by atomic mass is 79.9. The SMILES string of the molecule is CCN1CCC(CN2Oc3ccc(Br)cc3CCc3c(Cl)cccc3C(=O)NC2=N)CC1. The zero-order chi connectivity index (χ0) is 22.7. The molecule has 1 fully saturated rings. The quantitative estimate of drug-likeness (QED) is 0.606. The van der Waals surface area contributed by atoms with Crippen LogP contribution in [-0.2, 0) is 12.8 Å². The van der Waals surface area contributed by atoms with Crippen LogP contribution in [0, 0.1) is 11.3 Å². The second kappa shape index (κ2) is 10.2. The van der Waals surface area contributed by atoms with Gasteiger partial charge in [0.05, 0.1) is 6.54 Å². The van der Waals surface area contributed by atoms with E-state index >= 15 is 0 Å². The molecule has 0 spiro atoms. The van der Waals surface area contributed by atoms with Gasteiger partial charge in [-0.15, -0.1) is 0 Å². The second-order valence-electron chi connectivity index (χ2n) is 8.35. The van der Waals surface area contributed by atoms with Crippen LogP contribution in [0.4, 0.5) is 0 Å². The number of likely N-dealkylation sites (tertiary alicyclic amines) is 1. The summed E-state index contributed by atoms with van der Waals surface area (Å²) in [6.07, 6.45) is 3.34. The fourth-order valence-corrected chi connectivity index (χ4v) is 5.04. The molecule has 6 nitrogen and oxygen atoms in total. The number of amides is 1. The third-order valence-electron chi connectivity index (χ3n) is 6.30. The molecule has 0 unspecified atom stereocenters. The van der Waals surface area contributed by atoms with E-state index in [0.717, 1.165) is 48.1 Å². The van der Waals surface area contributed by atoms with E-state index in [1.165, 1.54) is 5.06 Å². The fourth-order valence-electron chi connectivity index (χ4n) is 4.37. The Hall–Kier alpha value is -2.09. The molecule has 4 rings (SSSR count). The molecular weight excluding hydrogens is 492 g/mol. The average Bonchev–Trinajstić information content (AvgIpc) is 2.80. The van der Waals surface area contributed by atoms with Crippen LogP contribution in [0.25, 0.3) is 0 Å². The molecule has 2 aromatic carbocycles. The van der Waals surface area contributed by atoms with E-state index < -0.39 is 0 Å². The molecule has 0 saturated carbocycles. The van der Waals surface area contributed by atoms with Gasteiger partial charge >= 0.3 is 0 Å². The van der Waals surface area contributed by atoms with E-state index in [9.17, 15) is 4.79 Å². The van der Waals surface area contributed by atoms with E-state index in [-0.39, 0.29) is 11.9 Å². The summed E-state index contributed by atoms with van der Waals surface area (Å²) in [6, 6.07) is 11.2. The Bertz CT molecular complexity index is 1010. The van der Waals surface area contributed by atoms with E-state index in [1.54, 1.807) is 18.2 Å². The van der Waals surface area contributed by atoms with Crippen LogP contribution in [0.1, 0.15) is 41.3 Å². The van der Waals surface area contributed by atoms with Crippen LogP contribution in [0.5, 0.6) is 5.75 Å². The van der Waals surface area contributed by atoms with Gasteiger partial charge in [0.25, 0.3) is 5.91 Å². The summed E-state index contributed by atoms with van der Waals surface area (Å²) >= 11 is 10.0. The van der Waals surface area contributed by atoms with E-state index in [2.05, 4.69) is 33.1 Å². The topological polar surface area (TPSA) is 68.7 Å². The number of rotatable bonds is 3. The standard InChI is InChI=1S/C24H28BrClN4O2/c1-2-29-12-10-16(11-13-29)15-30-24(27)28-23(31)20-4-3-5-21(26)19(20)8-6-17-14-18(25)7-9-22(17)32-30/h3-5,7,9,14,16H,2,6,8,10-13,15H2,1H3,(H2,27,28,31). The van der Waals surface area contributed by atoms with Gasteiger partial charge in [0.15, 0.2) is 5.75 Å². The minimum Gasteiger partial charge on any atom is -0.376 e. The molecule has 170 valence electrons. The Labute approximate surface area is 202 Å². The van der Waals surface area contributed by atoms with Gasteiger partial charge < -0.3 is 9.74 Å². The number of benzene rings is 2. The highest BCUT2D eigenvalue weighted by Crippen LogP contribution is 2.29. The Morgan fingerprint density at radius 2 is 2.00 bits per heavy atom. The minimum atomic E-state index is -0.339. The molecule has 1 amide bonds. The van der Waals surface area contributed by atoms with Crippen molar-refractivity contribution >= 4 is 39.4 Å². The maximum absolute atomic E-state index is 13.0. The zero-order valence-electron chi connectivity index (χ0n) is 18.2. The number of piperidine rings is 1. The lowest BCUT2D eigenvalue weighted by atomic mass is 9.97. The molecule has 2 aliphatic rings. The predicted octanol–water partition coefficient (Wildman–Crippen LogP) is 4.89. The number of fused-ring (bicyclic) bond motifs is 2. The largest absolute Gasteiger partial charge is 0.376 e. The normalized spacial score (nSPS) is 18.3. The van der Waals surface area contributed by atoms with Gasteiger partial charge in [-0.2, -0.15) is 5.06 Å². The van der Waals surface area contributed by atoms with E-state index in [4.69, 9.17) is 21.8 Å². The summed E-state index contributed by atoms with van der Waals surface area (Å²) in [5, 5.41) is 13.5. The van der Waals surface area contributed by atoms with Crippen molar-refractivity contribution in [3.8, 4) is 5.75 Å². The first-order valence-electron chi connectivity index (χ1n) is 11.1. The number of carbonyl (C=O) groups is 1. The monoisotopic (exact) mass is 518 g/mol. The summed E-state index contributed by atoms with van der Waals surface area (Å²) in [7, 11) is 0. The van der Waals surface area contributed by atoms with Crippen molar-refractivity contribution in [1.82, 2.24) is 15.3 Å². The molecule has 32 heavy (non-hydrogen) atoms.